The zero-order valence-corrected chi connectivity index (χ0v) is 10.4. The number of hydrogen-bond donors (Lipinski definition) is 2. The van der Waals surface area contributed by atoms with Gasteiger partial charge in [-0.25, -0.2) is 0 Å². The number of nitrogens with one attached hydrogen (secondary N) is 1. The summed E-state index contributed by atoms with van der Waals surface area (Å²) in [5.41, 5.74) is 0. The first-order chi connectivity index (χ1) is 7.65. The van der Waals surface area contributed by atoms with Gasteiger partial charge in [-0.2, -0.15) is 0 Å². The van der Waals surface area contributed by atoms with Gasteiger partial charge in [0.1, 0.15) is 6.04 Å². The topological polar surface area (TPSA) is 52.6 Å². The van der Waals surface area contributed by atoms with Crippen LogP contribution in [0.15, 0.2) is 0 Å². The zero-order chi connectivity index (χ0) is 12.0. The molecule has 0 radical (unpaired) electrons. The van der Waals surface area contributed by atoms with Crippen molar-refractivity contribution in [3.63, 3.8) is 0 Å². The SMILES string of the molecule is CCCC(C(=O)O)N(C)CC1CCCCN1. The molecular weight excluding hydrogens is 204 g/mol. The lowest BCUT2D eigenvalue weighted by Gasteiger charge is -2.31. The molecule has 1 rings (SSSR count). The predicted molar refractivity (Wildman–Crippen MR) is 64.6 cm³/mol. The molecule has 0 aromatic carbocycles. The van der Waals surface area contributed by atoms with Gasteiger partial charge in [-0.15, -0.1) is 0 Å². The molecule has 2 N–H and O–H groups in total. The van der Waals surface area contributed by atoms with Gasteiger partial charge in [-0.1, -0.05) is 19.8 Å². The molecule has 16 heavy (non-hydrogen) atoms. The average Bonchev–Trinajstić information content (AvgIpc) is 2.26. The normalized spacial score (nSPS) is 23.3. The molecule has 1 aliphatic rings. The van der Waals surface area contributed by atoms with Crippen LogP contribution in [-0.4, -0.2) is 48.2 Å². The second-order valence-corrected chi connectivity index (χ2v) is 4.73. The van der Waals surface area contributed by atoms with Crippen LogP contribution in [0.3, 0.4) is 0 Å². The van der Waals surface area contributed by atoms with Gasteiger partial charge < -0.3 is 10.4 Å². The smallest absolute Gasteiger partial charge is 0.320 e. The van der Waals surface area contributed by atoms with E-state index in [1.807, 2.05) is 18.9 Å². The van der Waals surface area contributed by atoms with E-state index in [1.165, 1.54) is 19.3 Å². The molecule has 1 aliphatic heterocycles. The van der Waals surface area contributed by atoms with E-state index >= 15 is 0 Å². The van der Waals surface area contributed by atoms with E-state index < -0.39 is 5.97 Å². The van der Waals surface area contributed by atoms with Gasteiger partial charge in [-0.05, 0) is 32.9 Å². The Labute approximate surface area is 98.0 Å². The first-order valence-corrected chi connectivity index (χ1v) is 6.31. The second-order valence-electron chi connectivity index (χ2n) is 4.73. The van der Waals surface area contributed by atoms with E-state index in [1.54, 1.807) is 0 Å². The Bertz CT molecular complexity index is 215. The standard InChI is InChI=1S/C12H24N2O2/c1-3-6-11(12(15)16)14(2)9-10-7-4-5-8-13-10/h10-11,13H,3-9H2,1-2H3,(H,15,16). The highest BCUT2D eigenvalue weighted by molar-refractivity contribution is 5.73. The molecule has 4 nitrogen and oxygen atoms in total. The molecule has 0 amide bonds. The number of carboxylic acids is 1. The summed E-state index contributed by atoms with van der Waals surface area (Å²) in [5.74, 6) is -0.694. The van der Waals surface area contributed by atoms with Crippen molar-refractivity contribution in [2.24, 2.45) is 0 Å². The van der Waals surface area contributed by atoms with E-state index in [4.69, 9.17) is 5.11 Å². The summed E-state index contributed by atoms with van der Waals surface area (Å²) >= 11 is 0. The fourth-order valence-corrected chi connectivity index (χ4v) is 2.36. The molecule has 0 aromatic rings. The molecule has 0 spiro atoms. The summed E-state index contributed by atoms with van der Waals surface area (Å²) in [5, 5.41) is 12.6. The van der Waals surface area contributed by atoms with Crippen molar-refractivity contribution in [1.29, 1.82) is 0 Å². The molecule has 94 valence electrons. The first kappa shape index (κ1) is 13.5. The minimum Gasteiger partial charge on any atom is -0.480 e. The van der Waals surface area contributed by atoms with Crippen LogP contribution in [0.2, 0.25) is 0 Å². The maximum atomic E-state index is 11.1. The molecule has 4 heteroatoms. The van der Waals surface area contributed by atoms with Crippen LogP contribution >= 0.6 is 0 Å². The van der Waals surface area contributed by atoms with Crippen molar-refractivity contribution in [3.05, 3.63) is 0 Å². The van der Waals surface area contributed by atoms with Gasteiger partial charge in [0.2, 0.25) is 0 Å². The first-order valence-electron chi connectivity index (χ1n) is 6.31. The Balaban J connectivity index is 2.40. The van der Waals surface area contributed by atoms with Crippen LogP contribution in [0.1, 0.15) is 39.0 Å². The molecule has 1 saturated heterocycles. The summed E-state index contributed by atoms with van der Waals surface area (Å²) in [6.45, 7) is 3.95. The molecule has 0 aromatic heterocycles. The number of likely N-dealkylation sites (N-methyl/N-ethyl adjacent to an activating group) is 1. The molecule has 2 atom stereocenters. The van der Waals surface area contributed by atoms with Crippen molar-refractivity contribution in [2.45, 2.75) is 51.1 Å². The Kier molecular flexibility index (Phi) is 5.77. The number of hydrogen-bond acceptors (Lipinski definition) is 3. The quantitative estimate of drug-likeness (QED) is 0.720. The van der Waals surface area contributed by atoms with Crippen LogP contribution in [0, 0.1) is 0 Å². The maximum Gasteiger partial charge on any atom is 0.320 e. The van der Waals surface area contributed by atoms with Crippen molar-refractivity contribution in [1.82, 2.24) is 10.2 Å². The largest absolute Gasteiger partial charge is 0.480 e. The number of nitrogens with zero attached hydrogens (tertiary/aromatic N) is 1. The second kappa shape index (κ2) is 6.86. The lowest BCUT2D eigenvalue weighted by atomic mass is 10.0. The Morgan fingerprint density at radius 1 is 1.56 bits per heavy atom. The highest BCUT2D eigenvalue weighted by atomic mass is 16.4. The van der Waals surface area contributed by atoms with Gasteiger partial charge in [0, 0.05) is 12.6 Å². The van der Waals surface area contributed by atoms with Crippen LogP contribution in [0.5, 0.6) is 0 Å². The van der Waals surface area contributed by atoms with Crippen molar-refractivity contribution in [3.8, 4) is 0 Å². The monoisotopic (exact) mass is 228 g/mol. The predicted octanol–water partition coefficient (Wildman–Crippen LogP) is 1.31. The minimum absolute atomic E-state index is 0.325. The van der Waals surface area contributed by atoms with E-state index in [0.29, 0.717) is 6.04 Å². The maximum absolute atomic E-state index is 11.1. The third-order valence-electron chi connectivity index (χ3n) is 3.30. The Morgan fingerprint density at radius 3 is 2.81 bits per heavy atom. The van der Waals surface area contributed by atoms with Crippen molar-refractivity contribution >= 4 is 5.97 Å². The molecule has 2 unspecified atom stereocenters. The van der Waals surface area contributed by atoms with Crippen LogP contribution < -0.4 is 5.32 Å². The third-order valence-corrected chi connectivity index (χ3v) is 3.30. The minimum atomic E-state index is -0.694. The van der Waals surface area contributed by atoms with Gasteiger partial charge in [0.25, 0.3) is 0 Å². The van der Waals surface area contributed by atoms with E-state index in [9.17, 15) is 4.79 Å². The molecule has 1 fully saturated rings. The highest BCUT2D eigenvalue weighted by Crippen LogP contribution is 2.11. The summed E-state index contributed by atoms with van der Waals surface area (Å²) in [6, 6.07) is 0.145. The van der Waals surface area contributed by atoms with Crippen LogP contribution in [0.4, 0.5) is 0 Å². The number of carbonyl (C=O) groups is 1. The molecule has 0 saturated carbocycles. The lowest BCUT2D eigenvalue weighted by Crippen LogP contribution is -2.47. The van der Waals surface area contributed by atoms with Gasteiger partial charge in [0.05, 0.1) is 0 Å². The van der Waals surface area contributed by atoms with Crippen molar-refractivity contribution < 1.29 is 9.90 Å². The van der Waals surface area contributed by atoms with Crippen LogP contribution in [0.25, 0.3) is 0 Å². The fraction of sp³-hybridized carbons (Fsp3) is 0.917. The zero-order valence-electron chi connectivity index (χ0n) is 10.4. The molecule has 0 bridgehead atoms. The Morgan fingerprint density at radius 2 is 2.31 bits per heavy atom. The number of rotatable bonds is 6. The molecular formula is C12H24N2O2. The summed E-state index contributed by atoms with van der Waals surface area (Å²) in [6.07, 6.45) is 5.33. The van der Waals surface area contributed by atoms with Gasteiger partial charge in [-0.3, -0.25) is 9.69 Å². The lowest BCUT2D eigenvalue weighted by molar-refractivity contribution is -0.143. The molecule has 0 aliphatic carbocycles. The number of piperidine rings is 1. The van der Waals surface area contributed by atoms with E-state index in [2.05, 4.69) is 5.32 Å². The summed E-state index contributed by atoms with van der Waals surface area (Å²) in [7, 11) is 1.92. The summed E-state index contributed by atoms with van der Waals surface area (Å²) < 4.78 is 0. The molecule has 1 heterocycles. The van der Waals surface area contributed by atoms with E-state index in [0.717, 1.165) is 25.9 Å². The van der Waals surface area contributed by atoms with E-state index in [-0.39, 0.29) is 6.04 Å². The summed E-state index contributed by atoms with van der Waals surface area (Å²) in [4.78, 5) is 13.1. The number of aliphatic carboxylic acids is 1. The third kappa shape index (κ3) is 4.10. The average molecular weight is 228 g/mol. The van der Waals surface area contributed by atoms with Crippen molar-refractivity contribution in [2.75, 3.05) is 20.1 Å². The fourth-order valence-electron chi connectivity index (χ4n) is 2.36. The van der Waals surface area contributed by atoms with Gasteiger partial charge in [0.15, 0.2) is 0 Å². The van der Waals surface area contributed by atoms with Gasteiger partial charge >= 0.3 is 5.97 Å². The highest BCUT2D eigenvalue weighted by Gasteiger charge is 2.24. The van der Waals surface area contributed by atoms with Crippen LogP contribution in [-0.2, 0) is 4.79 Å². The number of carboxylic acid groups (broad SMARTS) is 1. The Hall–Kier alpha value is -0.610.